The van der Waals surface area contributed by atoms with E-state index in [9.17, 15) is 4.79 Å². The van der Waals surface area contributed by atoms with Crippen LogP contribution in [0.15, 0.2) is 24.3 Å². The SMILES string of the molecule is Cc1nc(C(=O)NC(C)c2ccc(OC(C)C)cc2)n[nH]1. The molecule has 6 heteroatoms. The van der Waals surface area contributed by atoms with Crippen molar-refractivity contribution in [2.24, 2.45) is 0 Å². The number of nitrogens with zero attached hydrogens (tertiary/aromatic N) is 2. The highest BCUT2D eigenvalue weighted by Crippen LogP contribution is 2.18. The van der Waals surface area contributed by atoms with E-state index in [1.165, 1.54) is 0 Å². The largest absolute Gasteiger partial charge is 0.491 e. The van der Waals surface area contributed by atoms with Crippen LogP contribution in [0.4, 0.5) is 0 Å². The van der Waals surface area contributed by atoms with Gasteiger partial charge in [-0.05, 0) is 45.4 Å². The Bertz CT molecular complexity index is 604. The number of benzene rings is 1. The van der Waals surface area contributed by atoms with Crippen LogP contribution in [0, 0.1) is 6.92 Å². The van der Waals surface area contributed by atoms with Gasteiger partial charge in [-0.2, -0.15) is 0 Å². The Kier molecular flexibility index (Phi) is 4.57. The predicted molar refractivity (Wildman–Crippen MR) is 79.2 cm³/mol. The molecule has 1 aromatic carbocycles. The minimum Gasteiger partial charge on any atom is -0.491 e. The summed E-state index contributed by atoms with van der Waals surface area (Å²) in [6.45, 7) is 7.63. The molecule has 2 aromatic rings. The zero-order chi connectivity index (χ0) is 15.4. The van der Waals surface area contributed by atoms with Gasteiger partial charge < -0.3 is 10.1 Å². The third kappa shape index (κ3) is 4.05. The van der Waals surface area contributed by atoms with E-state index < -0.39 is 0 Å². The van der Waals surface area contributed by atoms with Crippen LogP contribution in [0.25, 0.3) is 0 Å². The number of ether oxygens (including phenoxy) is 1. The second kappa shape index (κ2) is 6.39. The van der Waals surface area contributed by atoms with E-state index in [0.29, 0.717) is 5.82 Å². The molecule has 1 amide bonds. The van der Waals surface area contributed by atoms with Crippen LogP contribution >= 0.6 is 0 Å². The normalized spacial score (nSPS) is 12.2. The predicted octanol–water partition coefficient (Wildman–Crippen LogP) is 2.39. The minimum absolute atomic E-state index is 0.135. The average Bonchev–Trinajstić information content (AvgIpc) is 2.85. The van der Waals surface area contributed by atoms with Crippen molar-refractivity contribution in [2.75, 3.05) is 0 Å². The van der Waals surface area contributed by atoms with Gasteiger partial charge in [-0.1, -0.05) is 12.1 Å². The number of aryl methyl sites for hydroxylation is 1. The van der Waals surface area contributed by atoms with E-state index in [1.807, 2.05) is 45.0 Å². The molecule has 0 spiro atoms. The first-order chi connectivity index (χ1) is 9.95. The monoisotopic (exact) mass is 288 g/mol. The lowest BCUT2D eigenvalue weighted by Crippen LogP contribution is -2.27. The molecule has 0 aliphatic rings. The number of hydrogen-bond donors (Lipinski definition) is 2. The average molecular weight is 288 g/mol. The number of aromatic amines is 1. The Hall–Kier alpha value is -2.37. The van der Waals surface area contributed by atoms with Gasteiger partial charge in [0, 0.05) is 0 Å². The zero-order valence-corrected chi connectivity index (χ0v) is 12.7. The highest BCUT2D eigenvalue weighted by Gasteiger charge is 2.15. The Morgan fingerprint density at radius 1 is 1.24 bits per heavy atom. The number of carbonyl (C=O) groups excluding carboxylic acids is 1. The van der Waals surface area contributed by atoms with E-state index >= 15 is 0 Å². The van der Waals surface area contributed by atoms with Gasteiger partial charge in [-0.25, -0.2) is 4.98 Å². The zero-order valence-electron chi connectivity index (χ0n) is 12.7. The molecule has 21 heavy (non-hydrogen) atoms. The molecule has 6 nitrogen and oxygen atoms in total. The molecular weight excluding hydrogens is 268 g/mol. The van der Waals surface area contributed by atoms with Gasteiger partial charge in [0.1, 0.15) is 11.6 Å². The lowest BCUT2D eigenvalue weighted by molar-refractivity contribution is 0.0929. The highest BCUT2D eigenvalue weighted by atomic mass is 16.5. The van der Waals surface area contributed by atoms with Crippen molar-refractivity contribution in [3.8, 4) is 5.75 Å². The highest BCUT2D eigenvalue weighted by molar-refractivity contribution is 5.90. The third-order valence-corrected chi connectivity index (χ3v) is 2.90. The molecule has 1 heterocycles. The molecule has 0 radical (unpaired) electrons. The van der Waals surface area contributed by atoms with Crippen LogP contribution in [0.3, 0.4) is 0 Å². The summed E-state index contributed by atoms with van der Waals surface area (Å²) in [6.07, 6.45) is 0.141. The topological polar surface area (TPSA) is 79.9 Å². The number of nitrogens with one attached hydrogen (secondary N) is 2. The van der Waals surface area contributed by atoms with Crippen LogP contribution in [0.2, 0.25) is 0 Å². The summed E-state index contributed by atoms with van der Waals surface area (Å²) >= 11 is 0. The fourth-order valence-electron chi connectivity index (χ4n) is 1.90. The maximum Gasteiger partial charge on any atom is 0.291 e. The number of H-pyrrole nitrogens is 1. The fourth-order valence-corrected chi connectivity index (χ4v) is 1.90. The number of carbonyl (C=O) groups is 1. The molecule has 1 unspecified atom stereocenters. The molecule has 2 rings (SSSR count). The quantitative estimate of drug-likeness (QED) is 0.885. The molecule has 2 N–H and O–H groups in total. The van der Waals surface area contributed by atoms with E-state index in [4.69, 9.17) is 4.74 Å². The van der Waals surface area contributed by atoms with Gasteiger partial charge in [-0.15, -0.1) is 5.10 Å². The molecule has 0 saturated carbocycles. The van der Waals surface area contributed by atoms with Crippen LogP contribution in [-0.4, -0.2) is 27.2 Å². The summed E-state index contributed by atoms with van der Waals surface area (Å²) in [4.78, 5) is 16.0. The van der Waals surface area contributed by atoms with E-state index in [2.05, 4.69) is 20.5 Å². The summed E-state index contributed by atoms with van der Waals surface area (Å²) < 4.78 is 5.59. The summed E-state index contributed by atoms with van der Waals surface area (Å²) in [5.41, 5.74) is 0.992. The van der Waals surface area contributed by atoms with Crippen molar-refractivity contribution in [3.05, 3.63) is 41.5 Å². The van der Waals surface area contributed by atoms with Gasteiger partial charge in [-0.3, -0.25) is 9.89 Å². The van der Waals surface area contributed by atoms with Crippen molar-refractivity contribution >= 4 is 5.91 Å². The van der Waals surface area contributed by atoms with Crippen LogP contribution in [-0.2, 0) is 0 Å². The molecule has 0 bridgehead atoms. The number of hydrogen-bond acceptors (Lipinski definition) is 4. The van der Waals surface area contributed by atoms with Crippen molar-refractivity contribution in [1.29, 1.82) is 0 Å². The number of rotatable bonds is 5. The van der Waals surface area contributed by atoms with Gasteiger partial charge >= 0.3 is 0 Å². The molecule has 0 aliphatic carbocycles. The molecule has 0 fully saturated rings. The fraction of sp³-hybridized carbons (Fsp3) is 0.400. The number of aromatic nitrogens is 3. The minimum atomic E-state index is -0.297. The first-order valence-electron chi connectivity index (χ1n) is 6.92. The lowest BCUT2D eigenvalue weighted by Gasteiger charge is -2.15. The Morgan fingerprint density at radius 3 is 2.43 bits per heavy atom. The third-order valence-electron chi connectivity index (χ3n) is 2.90. The van der Waals surface area contributed by atoms with E-state index in [1.54, 1.807) is 6.92 Å². The van der Waals surface area contributed by atoms with Crippen LogP contribution in [0.1, 0.15) is 48.8 Å². The maximum absolute atomic E-state index is 12.0. The van der Waals surface area contributed by atoms with Gasteiger partial charge in [0.15, 0.2) is 0 Å². The maximum atomic E-state index is 12.0. The van der Waals surface area contributed by atoms with Crippen molar-refractivity contribution < 1.29 is 9.53 Å². The Labute approximate surface area is 123 Å². The Balaban J connectivity index is 1.99. The van der Waals surface area contributed by atoms with E-state index in [0.717, 1.165) is 11.3 Å². The van der Waals surface area contributed by atoms with Crippen molar-refractivity contribution in [2.45, 2.75) is 39.8 Å². The number of amides is 1. The van der Waals surface area contributed by atoms with Crippen molar-refractivity contribution in [3.63, 3.8) is 0 Å². The standard InChI is InChI=1S/C15H20N4O2/c1-9(2)21-13-7-5-12(6-8-13)10(3)16-15(20)14-17-11(4)18-19-14/h5-10H,1-4H3,(H,16,20)(H,17,18,19). The lowest BCUT2D eigenvalue weighted by atomic mass is 10.1. The molecule has 112 valence electrons. The summed E-state index contributed by atoms with van der Waals surface area (Å²) in [6, 6.07) is 7.53. The van der Waals surface area contributed by atoms with Gasteiger partial charge in [0.05, 0.1) is 12.1 Å². The van der Waals surface area contributed by atoms with Crippen molar-refractivity contribution in [1.82, 2.24) is 20.5 Å². The van der Waals surface area contributed by atoms with Gasteiger partial charge in [0.25, 0.3) is 5.91 Å². The first kappa shape index (κ1) is 15.0. The summed E-state index contributed by atoms with van der Waals surface area (Å²) in [5, 5.41) is 9.35. The first-order valence-corrected chi connectivity index (χ1v) is 6.92. The smallest absolute Gasteiger partial charge is 0.291 e. The summed E-state index contributed by atoms with van der Waals surface area (Å²) in [7, 11) is 0. The summed E-state index contributed by atoms with van der Waals surface area (Å²) in [5.74, 6) is 1.29. The molecule has 1 aromatic heterocycles. The molecule has 1 atom stereocenters. The molecular formula is C15H20N4O2. The second-order valence-corrected chi connectivity index (χ2v) is 5.18. The molecule has 0 aliphatic heterocycles. The molecule has 0 saturated heterocycles. The Morgan fingerprint density at radius 2 is 1.90 bits per heavy atom. The van der Waals surface area contributed by atoms with Crippen LogP contribution in [0.5, 0.6) is 5.75 Å². The van der Waals surface area contributed by atoms with Gasteiger partial charge in [0.2, 0.25) is 5.82 Å². The second-order valence-electron chi connectivity index (χ2n) is 5.18. The van der Waals surface area contributed by atoms with Crippen LogP contribution < -0.4 is 10.1 Å². The van der Waals surface area contributed by atoms with E-state index in [-0.39, 0.29) is 23.9 Å².